The smallest absolute Gasteiger partial charge is 0.416 e. The largest absolute Gasteiger partial charge is 0.439 e. The van der Waals surface area contributed by atoms with E-state index in [2.05, 4.69) is 122 Å². The fourth-order valence-corrected chi connectivity index (χ4v) is 13.1. The van der Waals surface area contributed by atoms with Crippen LogP contribution in [0.1, 0.15) is 92.3 Å². The van der Waals surface area contributed by atoms with Crippen molar-refractivity contribution in [3.8, 4) is 39.7 Å². The third-order valence-electron chi connectivity index (χ3n) is 17.3. The highest BCUT2D eigenvalue weighted by atomic mass is 79.9. The van der Waals surface area contributed by atoms with Gasteiger partial charge in [-0.25, -0.2) is 24.3 Å². The molecule has 0 atom stereocenters. The molecule has 0 unspecified atom stereocenters. The van der Waals surface area contributed by atoms with E-state index >= 15 is 0 Å². The zero-order chi connectivity index (χ0) is 73.6. The van der Waals surface area contributed by atoms with E-state index in [1.807, 2.05) is 126 Å². The summed E-state index contributed by atoms with van der Waals surface area (Å²) in [5.41, 5.74) is 13.1. The lowest BCUT2D eigenvalue weighted by Gasteiger charge is -2.22. The molecule has 3 aromatic carbocycles. The van der Waals surface area contributed by atoms with E-state index in [0.717, 1.165) is 111 Å². The first-order valence-corrected chi connectivity index (χ1v) is 36.7. The number of aryl methyl sites for hydroxylation is 1. The Labute approximate surface area is 631 Å². The molecule has 0 amide bonds. The fourth-order valence-electron chi connectivity index (χ4n) is 12.0. The Balaban J connectivity index is 0.000000125. The maximum absolute atomic E-state index is 14.3. The molecule has 1 aliphatic rings. The van der Waals surface area contributed by atoms with Crippen molar-refractivity contribution in [3.05, 3.63) is 291 Å². The molecule has 25 nitrogen and oxygen atoms in total. The number of rotatable bonds is 19. The predicted molar refractivity (Wildman–Crippen MR) is 417 cm³/mol. The van der Waals surface area contributed by atoms with Gasteiger partial charge in [0, 0.05) is 131 Å². The van der Waals surface area contributed by atoms with Crippen LogP contribution in [0, 0.1) is 5.82 Å². The molecule has 12 heterocycles. The Hall–Kier alpha value is -11.7. The number of pyridine rings is 4. The van der Waals surface area contributed by atoms with Gasteiger partial charge in [-0.1, -0.05) is 99.0 Å². The highest BCUT2D eigenvalue weighted by molar-refractivity contribution is 9.11. The minimum absolute atomic E-state index is 0.0486. The van der Waals surface area contributed by atoms with Crippen LogP contribution in [0.5, 0.6) is 5.88 Å². The average molecular weight is 1620 g/mol. The summed E-state index contributed by atoms with van der Waals surface area (Å²) in [5, 5.41) is 41.1. The van der Waals surface area contributed by atoms with Crippen molar-refractivity contribution in [1.82, 2.24) is 73.3 Å². The highest BCUT2D eigenvalue weighted by Crippen LogP contribution is 2.35. The minimum atomic E-state index is -0.349. The molecule has 0 spiro atoms. The Kier molecular flexibility index (Phi) is 23.2. The Morgan fingerprint density at radius 1 is 0.509 bits per heavy atom. The van der Waals surface area contributed by atoms with Gasteiger partial charge in [0.2, 0.25) is 22.9 Å². The zero-order valence-electron chi connectivity index (χ0n) is 57.8. The van der Waals surface area contributed by atoms with Gasteiger partial charge in [-0.05, 0) is 134 Å². The van der Waals surface area contributed by atoms with E-state index in [1.165, 1.54) is 38.2 Å². The van der Waals surface area contributed by atoms with Gasteiger partial charge < -0.3 is 41.0 Å². The van der Waals surface area contributed by atoms with Gasteiger partial charge in [0.15, 0.2) is 22.6 Å². The number of hydrogen-bond donors (Lipinski definition) is 8. The van der Waals surface area contributed by atoms with Gasteiger partial charge in [-0.15, -0.1) is 0 Å². The van der Waals surface area contributed by atoms with E-state index in [1.54, 1.807) is 101 Å². The van der Waals surface area contributed by atoms with Gasteiger partial charge >= 0.3 is 5.88 Å². The molecule has 1 aliphatic carbocycles. The monoisotopic (exact) mass is 1610 g/mol. The first-order valence-electron chi connectivity index (χ1n) is 34.3. The highest BCUT2D eigenvalue weighted by Gasteiger charge is 2.22. The third-order valence-corrected chi connectivity index (χ3v) is 18.9. The summed E-state index contributed by atoms with van der Waals surface area (Å²) in [4.78, 5) is 61.2. The number of anilines is 4. The van der Waals surface area contributed by atoms with E-state index in [-0.39, 0.29) is 28.6 Å². The molecule has 12 aromatic heterocycles. The molecule has 15 aromatic rings. The van der Waals surface area contributed by atoms with Crippen molar-refractivity contribution in [2.24, 2.45) is 0 Å². The molecule has 0 bridgehead atoms. The van der Waals surface area contributed by atoms with Crippen LogP contribution in [0.15, 0.2) is 235 Å². The maximum Gasteiger partial charge on any atom is 0.416 e. The number of nitrogens with zero attached hydrogens (tertiary/aromatic N) is 13. The first kappa shape index (κ1) is 72.7. The quantitative estimate of drug-likeness (QED) is 0.0276. The van der Waals surface area contributed by atoms with Crippen molar-refractivity contribution >= 4 is 93.6 Å². The SMILES string of the molecule is CC(C)Oc1ccc(CNc2cc(-c3ccccc3F)nc3c(Br)cnn23)c[n+]1O.CCc1cnn2c(NCc3cc[nH]c(=O)c3)cc(-c3ccccc3)nc12.O=c1cc(CNc2cc(-c3ccccc3)nc3c(Br)cnn23)cc[nH]1.O=c1cc(CNc2cc(C3CCCCC3)nc3c(Br)cnn23)cc[nH]1. The van der Waals surface area contributed by atoms with E-state index in [4.69, 9.17) is 19.7 Å². The Morgan fingerprint density at radius 3 is 1.41 bits per heavy atom. The first-order chi connectivity index (χ1) is 51.6. The van der Waals surface area contributed by atoms with E-state index in [0.29, 0.717) is 65.2 Å². The molecule has 1 saturated carbocycles. The van der Waals surface area contributed by atoms with Crippen LogP contribution in [0.2, 0.25) is 0 Å². The van der Waals surface area contributed by atoms with Crippen LogP contribution >= 0.6 is 47.8 Å². The summed E-state index contributed by atoms with van der Waals surface area (Å²) in [6, 6.07) is 48.3. The van der Waals surface area contributed by atoms with Crippen molar-refractivity contribution in [2.75, 3.05) is 21.3 Å². The van der Waals surface area contributed by atoms with Gasteiger partial charge in [-0.3, -0.25) is 19.6 Å². The maximum atomic E-state index is 14.3. The molecule has 16 rings (SSSR count). The number of aromatic nitrogens is 16. The summed E-state index contributed by atoms with van der Waals surface area (Å²) < 4.78 is 30.2. The van der Waals surface area contributed by atoms with Crippen molar-refractivity contribution in [1.29, 1.82) is 0 Å². The summed E-state index contributed by atoms with van der Waals surface area (Å²) in [6.45, 7) is 7.87. The second-order valence-corrected chi connectivity index (χ2v) is 27.7. The normalized spacial score (nSPS) is 12.1. The number of aromatic amines is 3. The number of benzene rings is 3. The van der Waals surface area contributed by atoms with Gasteiger partial charge in [-0.2, -0.15) is 38.5 Å². The number of nitrogens with one attached hydrogen (secondary N) is 7. The summed E-state index contributed by atoms with van der Waals surface area (Å²) in [7, 11) is 0. The summed E-state index contributed by atoms with van der Waals surface area (Å²) in [5.74, 6) is 3.70. The van der Waals surface area contributed by atoms with E-state index < -0.39 is 0 Å². The molecular formula is C77H73Br3FN20O5+. The third kappa shape index (κ3) is 17.7. The topological polar surface area (TPSA) is 301 Å². The Morgan fingerprint density at radius 2 is 0.934 bits per heavy atom. The van der Waals surface area contributed by atoms with Gasteiger partial charge in [0.1, 0.15) is 29.1 Å². The molecule has 8 N–H and O–H groups in total. The number of hydrogen-bond acceptors (Lipinski definition) is 17. The summed E-state index contributed by atoms with van der Waals surface area (Å²) in [6.07, 6.45) is 20.6. The van der Waals surface area contributed by atoms with Crippen LogP contribution in [-0.2, 0) is 32.6 Å². The van der Waals surface area contributed by atoms with Crippen LogP contribution in [0.4, 0.5) is 27.7 Å². The number of H-pyrrole nitrogens is 3. The summed E-state index contributed by atoms with van der Waals surface area (Å²) >= 11 is 10.5. The molecule has 538 valence electrons. The molecule has 0 radical (unpaired) electrons. The van der Waals surface area contributed by atoms with Gasteiger partial charge in [0.25, 0.3) is 0 Å². The standard InChI is InChI=1S/C21H20BrFN5O2.C20H19N5O.C18H20BrN5O.C18H14BrN5O/c1-13(2)30-20-8-7-14(12-27(20)29)10-24-19-9-18(15-5-3-4-6-17(15)23)26-21-16(22)11-25-28(19)21;1-2-15-13-23-25-18(22-12-14-8-9-21-19(26)10-14)11-17(24-20(15)25)16-6-4-3-5-7-16;2*19-14-11-22-24-16(21-10-12-6-7-20-17(25)8-12)9-15(23-18(14)24)13-4-2-1-3-5-13/h3-9,11-13,24,29H,10H2,1-2H3;3-11,13,22H,2,12H2,1H3,(H,21,26);6-9,11,13,21H,1-5,10H2,(H,20,25);1-9,11,21H,10H2,(H,20,25)/q+1;;;. The van der Waals surface area contributed by atoms with Crippen molar-refractivity contribution < 1.29 is 19.1 Å². The molecule has 0 saturated heterocycles. The lowest BCUT2D eigenvalue weighted by molar-refractivity contribution is -0.906. The lowest BCUT2D eigenvalue weighted by atomic mass is 9.87. The van der Waals surface area contributed by atoms with Crippen LogP contribution in [-0.4, -0.2) is 84.7 Å². The zero-order valence-corrected chi connectivity index (χ0v) is 62.5. The predicted octanol–water partition coefficient (Wildman–Crippen LogP) is 14.8. The lowest BCUT2D eigenvalue weighted by Crippen LogP contribution is -2.34. The van der Waals surface area contributed by atoms with Crippen LogP contribution in [0.25, 0.3) is 56.4 Å². The second-order valence-electron chi connectivity index (χ2n) is 25.1. The van der Waals surface area contributed by atoms with Crippen molar-refractivity contribution in [3.63, 3.8) is 0 Å². The van der Waals surface area contributed by atoms with E-state index in [9.17, 15) is 24.0 Å². The molecular weight excluding hydrogens is 1540 g/mol. The van der Waals surface area contributed by atoms with Gasteiger partial charge in [0.05, 0.1) is 67.5 Å². The average Bonchev–Trinajstić information content (AvgIpc) is 1.65. The Bertz CT molecular complexity index is 5740. The van der Waals surface area contributed by atoms with Crippen LogP contribution < -0.4 is 47.4 Å². The molecule has 29 heteroatoms. The number of ether oxygens (including phenoxy) is 1. The van der Waals surface area contributed by atoms with Crippen molar-refractivity contribution in [2.45, 2.75) is 97.5 Å². The number of fused-ring (bicyclic) bond motifs is 4. The van der Waals surface area contributed by atoms with Crippen LogP contribution in [0.3, 0.4) is 0 Å². The molecule has 0 aliphatic heterocycles. The number of halogens is 4. The molecule has 106 heavy (non-hydrogen) atoms. The fraction of sp³-hybridized carbons (Fsp3) is 0.195. The minimum Gasteiger partial charge on any atom is -0.439 e. The molecule has 1 fully saturated rings. The second kappa shape index (κ2) is 33.8.